The molecule has 2 aromatic carbocycles. The number of hydrogen-bond donors (Lipinski definition) is 2. The number of carboxylic acids is 1. The number of hydrogen-bond acceptors (Lipinski definition) is 4. The summed E-state index contributed by atoms with van der Waals surface area (Å²) in [6.07, 6.45) is 0. The first kappa shape index (κ1) is 14.7. The van der Waals surface area contributed by atoms with Crippen molar-refractivity contribution in [2.45, 2.75) is 0 Å². The molecule has 0 fully saturated rings. The van der Waals surface area contributed by atoms with Crippen molar-refractivity contribution in [2.24, 2.45) is 0 Å². The van der Waals surface area contributed by atoms with Gasteiger partial charge in [-0.2, -0.15) is 0 Å². The molecular weight excluding hydrogens is 268 g/mol. The van der Waals surface area contributed by atoms with Crippen LogP contribution in [0.5, 0.6) is 5.75 Å². The molecule has 0 saturated carbocycles. The summed E-state index contributed by atoms with van der Waals surface area (Å²) in [6.45, 7) is 1.16. The normalized spacial score (nSPS) is 10.1. The Hall–Kier alpha value is -2.69. The van der Waals surface area contributed by atoms with Gasteiger partial charge < -0.3 is 20.5 Å². The minimum Gasteiger partial charge on any atom is -0.492 e. The molecule has 0 heterocycles. The summed E-state index contributed by atoms with van der Waals surface area (Å²) in [5, 5.41) is 8.92. The Morgan fingerprint density at radius 1 is 1.24 bits per heavy atom. The topological polar surface area (TPSA) is 75.8 Å². The van der Waals surface area contributed by atoms with E-state index >= 15 is 0 Å². The minimum absolute atomic E-state index is 0.185. The van der Waals surface area contributed by atoms with E-state index in [0.717, 1.165) is 11.4 Å². The molecule has 0 bridgehead atoms. The molecule has 0 unspecified atom stereocenters. The van der Waals surface area contributed by atoms with E-state index in [2.05, 4.69) is 0 Å². The fourth-order valence-corrected chi connectivity index (χ4v) is 1.97. The Balaban J connectivity index is 1.94. The smallest absolute Gasteiger partial charge is 0.335 e. The van der Waals surface area contributed by atoms with Crippen molar-refractivity contribution < 1.29 is 14.6 Å². The highest BCUT2D eigenvalue weighted by Crippen LogP contribution is 2.23. The zero-order valence-electron chi connectivity index (χ0n) is 11.8. The molecule has 0 aromatic heterocycles. The van der Waals surface area contributed by atoms with E-state index < -0.39 is 5.97 Å². The predicted molar refractivity (Wildman–Crippen MR) is 83.0 cm³/mol. The third-order valence-corrected chi connectivity index (χ3v) is 3.12. The lowest BCUT2D eigenvalue weighted by Crippen LogP contribution is -2.24. The van der Waals surface area contributed by atoms with E-state index in [1.54, 1.807) is 12.1 Å². The molecule has 0 saturated heterocycles. The lowest BCUT2D eigenvalue weighted by molar-refractivity contribution is 0.0697. The number of rotatable bonds is 6. The van der Waals surface area contributed by atoms with Crippen LogP contribution in [0.3, 0.4) is 0 Å². The maximum Gasteiger partial charge on any atom is 0.335 e. The Kier molecular flexibility index (Phi) is 4.66. The molecule has 2 rings (SSSR count). The molecule has 2 aromatic rings. The quantitative estimate of drug-likeness (QED) is 0.798. The summed E-state index contributed by atoms with van der Waals surface area (Å²) >= 11 is 0. The minimum atomic E-state index is -0.983. The fourth-order valence-electron chi connectivity index (χ4n) is 1.97. The van der Waals surface area contributed by atoms with Crippen LogP contribution in [-0.4, -0.2) is 31.3 Å². The van der Waals surface area contributed by atoms with Crippen LogP contribution in [-0.2, 0) is 0 Å². The molecule has 3 N–H and O–H groups in total. The molecule has 0 aliphatic heterocycles. The van der Waals surface area contributed by atoms with Crippen LogP contribution in [0.1, 0.15) is 10.4 Å². The zero-order chi connectivity index (χ0) is 15.2. The van der Waals surface area contributed by atoms with E-state index in [9.17, 15) is 4.79 Å². The number of ether oxygens (including phenoxy) is 1. The Bertz CT molecular complexity index is 614. The number of nitrogens with two attached hydrogens (primary N) is 1. The summed E-state index contributed by atoms with van der Waals surface area (Å²) in [5.41, 5.74) is 7.31. The molecule has 0 radical (unpaired) electrons. The number of carboxylic acid groups (broad SMARTS) is 1. The second-order valence-electron chi connectivity index (χ2n) is 4.66. The van der Waals surface area contributed by atoms with Crippen LogP contribution in [0.25, 0.3) is 0 Å². The van der Waals surface area contributed by atoms with Gasteiger partial charge in [0.1, 0.15) is 12.4 Å². The number of likely N-dealkylation sites (N-methyl/N-ethyl adjacent to an activating group) is 1. The third-order valence-electron chi connectivity index (χ3n) is 3.12. The van der Waals surface area contributed by atoms with Crippen LogP contribution >= 0.6 is 0 Å². The van der Waals surface area contributed by atoms with Crippen LogP contribution in [0, 0.1) is 0 Å². The summed E-state index contributed by atoms with van der Waals surface area (Å²) in [7, 11) is 1.89. The number of para-hydroxylation sites is 1. The number of benzene rings is 2. The number of anilines is 2. The van der Waals surface area contributed by atoms with E-state index in [-0.39, 0.29) is 5.56 Å². The fraction of sp³-hybridized carbons (Fsp3) is 0.188. The highest BCUT2D eigenvalue weighted by molar-refractivity contribution is 5.90. The molecule has 0 spiro atoms. The van der Waals surface area contributed by atoms with Gasteiger partial charge in [0.25, 0.3) is 0 Å². The van der Waals surface area contributed by atoms with Crippen molar-refractivity contribution in [3.8, 4) is 5.75 Å². The van der Waals surface area contributed by atoms with Gasteiger partial charge in [0.2, 0.25) is 0 Å². The van der Waals surface area contributed by atoms with Crippen molar-refractivity contribution in [3.05, 3.63) is 54.1 Å². The zero-order valence-corrected chi connectivity index (χ0v) is 11.8. The van der Waals surface area contributed by atoms with Crippen molar-refractivity contribution >= 4 is 17.3 Å². The van der Waals surface area contributed by atoms with Crippen LogP contribution in [0.15, 0.2) is 48.5 Å². The highest BCUT2D eigenvalue weighted by Gasteiger charge is 2.09. The van der Waals surface area contributed by atoms with Gasteiger partial charge in [-0.1, -0.05) is 18.2 Å². The van der Waals surface area contributed by atoms with Gasteiger partial charge in [-0.25, -0.2) is 4.79 Å². The van der Waals surface area contributed by atoms with E-state index in [0.29, 0.717) is 18.8 Å². The first-order valence-electron chi connectivity index (χ1n) is 6.59. The second kappa shape index (κ2) is 6.65. The average Bonchev–Trinajstić information content (AvgIpc) is 2.48. The van der Waals surface area contributed by atoms with Gasteiger partial charge in [-0.05, 0) is 30.3 Å². The van der Waals surface area contributed by atoms with Crippen molar-refractivity contribution in [1.29, 1.82) is 0 Å². The molecule has 21 heavy (non-hydrogen) atoms. The molecule has 110 valence electrons. The van der Waals surface area contributed by atoms with Gasteiger partial charge in [0.05, 0.1) is 23.5 Å². The molecule has 5 heteroatoms. The highest BCUT2D eigenvalue weighted by atomic mass is 16.5. The van der Waals surface area contributed by atoms with Crippen molar-refractivity contribution in [2.75, 3.05) is 30.8 Å². The summed E-state index contributed by atoms with van der Waals surface area (Å²) in [4.78, 5) is 12.8. The van der Waals surface area contributed by atoms with Crippen molar-refractivity contribution in [1.82, 2.24) is 0 Å². The first-order valence-corrected chi connectivity index (χ1v) is 6.59. The average molecular weight is 286 g/mol. The van der Waals surface area contributed by atoms with E-state index in [4.69, 9.17) is 15.6 Å². The second-order valence-corrected chi connectivity index (χ2v) is 4.66. The standard InChI is InChI=1S/C16H18N2O3/c1-18(9-10-21-13-5-3-2-4-6-13)15-8-7-12(16(19)20)11-14(15)17/h2-8,11H,9-10,17H2,1H3,(H,19,20). The maximum atomic E-state index is 10.9. The largest absolute Gasteiger partial charge is 0.492 e. The van der Waals surface area contributed by atoms with Crippen LogP contribution in [0.2, 0.25) is 0 Å². The Morgan fingerprint density at radius 3 is 2.57 bits per heavy atom. The van der Waals surface area contributed by atoms with Crippen molar-refractivity contribution in [3.63, 3.8) is 0 Å². The first-order chi connectivity index (χ1) is 10.1. The lowest BCUT2D eigenvalue weighted by Gasteiger charge is -2.21. The molecule has 0 aliphatic carbocycles. The maximum absolute atomic E-state index is 10.9. The van der Waals surface area contributed by atoms with Gasteiger partial charge in [-0.3, -0.25) is 0 Å². The molecular formula is C16H18N2O3. The number of aromatic carboxylic acids is 1. The van der Waals surface area contributed by atoms with E-state index in [1.165, 1.54) is 6.07 Å². The SMILES string of the molecule is CN(CCOc1ccccc1)c1ccc(C(=O)O)cc1N. The molecule has 0 amide bonds. The van der Waals surface area contributed by atoms with Gasteiger partial charge in [-0.15, -0.1) is 0 Å². The molecule has 0 atom stereocenters. The summed E-state index contributed by atoms with van der Waals surface area (Å²) in [6, 6.07) is 14.3. The van der Waals surface area contributed by atoms with Gasteiger partial charge in [0.15, 0.2) is 0 Å². The molecule has 0 aliphatic rings. The van der Waals surface area contributed by atoms with Gasteiger partial charge >= 0.3 is 5.97 Å². The van der Waals surface area contributed by atoms with Crippen LogP contribution in [0.4, 0.5) is 11.4 Å². The summed E-state index contributed by atoms with van der Waals surface area (Å²) < 4.78 is 5.62. The monoisotopic (exact) mass is 286 g/mol. The van der Waals surface area contributed by atoms with Crippen LogP contribution < -0.4 is 15.4 Å². The number of nitrogens with zero attached hydrogens (tertiary/aromatic N) is 1. The molecule has 5 nitrogen and oxygen atoms in total. The van der Waals surface area contributed by atoms with E-state index in [1.807, 2.05) is 42.3 Å². The van der Waals surface area contributed by atoms with Gasteiger partial charge in [0, 0.05) is 7.05 Å². The number of carbonyl (C=O) groups is 1. The summed E-state index contributed by atoms with van der Waals surface area (Å²) in [5.74, 6) is -0.164. The third kappa shape index (κ3) is 3.89. The lowest BCUT2D eigenvalue weighted by atomic mass is 10.1. The number of nitrogen functional groups attached to an aromatic ring is 1. The predicted octanol–water partition coefficient (Wildman–Crippen LogP) is 2.48. The Morgan fingerprint density at radius 2 is 1.95 bits per heavy atom. The Labute approximate surface area is 123 Å².